The summed E-state index contributed by atoms with van der Waals surface area (Å²) < 4.78 is 39.8. The molecule has 2 aromatic heterocycles. The van der Waals surface area contributed by atoms with Crippen LogP contribution >= 0.6 is 35.1 Å². The van der Waals surface area contributed by atoms with Crippen molar-refractivity contribution in [2.45, 2.75) is 32.2 Å². The molecule has 0 spiro atoms. The van der Waals surface area contributed by atoms with E-state index in [1.165, 1.54) is 17.4 Å². The SMILES string of the molecule is Cc1ncsc1-c1ccc(C[C@H](CC[C@H](N)CNC(=O)COc2c(-c3csc(N4CCOCC4)n3)ccc(F)c2F)C(N)=O)cc1.Cl. The molecule has 0 bridgehead atoms. The summed E-state index contributed by atoms with van der Waals surface area (Å²) in [7, 11) is 0. The van der Waals surface area contributed by atoms with Gasteiger partial charge in [0.25, 0.3) is 5.91 Å². The molecule has 0 radical (unpaired) electrons. The van der Waals surface area contributed by atoms with Crippen molar-refractivity contribution in [2.75, 3.05) is 44.4 Å². The zero-order valence-electron chi connectivity index (χ0n) is 25.7. The van der Waals surface area contributed by atoms with Gasteiger partial charge in [-0.1, -0.05) is 24.3 Å². The molecule has 1 fully saturated rings. The van der Waals surface area contributed by atoms with Crippen molar-refractivity contribution in [3.05, 3.63) is 70.2 Å². The molecule has 1 aliphatic heterocycles. The van der Waals surface area contributed by atoms with Crippen molar-refractivity contribution >= 4 is 52.0 Å². The molecule has 47 heavy (non-hydrogen) atoms. The van der Waals surface area contributed by atoms with E-state index in [0.717, 1.165) is 32.9 Å². The number of aromatic nitrogens is 2. The van der Waals surface area contributed by atoms with Crippen LogP contribution in [0.5, 0.6) is 5.75 Å². The third kappa shape index (κ3) is 9.45. The summed E-state index contributed by atoms with van der Waals surface area (Å²) >= 11 is 2.96. The number of primary amides is 1. The topological polar surface area (TPSA) is 146 Å². The third-order valence-electron chi connectivity index (χ3n) is 7.74. The minimum Gasteiger partial charge on any atom is -0.480 e. The zero-order chi connectivity index (χ0) is 32.6. The highest BCUT2D eigenvalue weighted by atomic mass is 35.5. The van der Waals surface area contributed by atoms with E-state index in [1.54, 1.807) is 16.7 Å². The van der Waals surface area contributed by atoms with E-state index in [4.69, 9.17) is 20.9 Å². The Morgan fingerprint density at radius 3 is 2.53 bits per heavy atom. The lowest BCUT2D eigenvalue weighted by molar-refractivity contribution is -0.123. The molecule has 4 aromatic rings. The summed E-state index contributed by atoms with van der Waals surface area (Å²) in [5.41, 5.74) is 17.4. The summed E-state index contributed by atoms with van der Waals surface area (Å²) in [6, 6.07) is 9.90. The molecule has 2 atom stereocenters. The first-order valence-corrected chi connectivity index (χ1v) is 16.7. The van der Waals surface area contributed by atoms with Crippen LogP contribution in [0.4, 0.5) is 13.9 Å². The van der Waals surface area contributed by atoms with Gasteiger partial charge < -0.3 is 31.2 Å². The largest absolute Gasteiger partial charge is 0.480 e. The Kier molecular flexibility index (Phi) is 13.0. The van der Waals surface area contributed by atoms with Crippen molar-refractivity contribution in [3.63, 3.8) is 0 Å². The van der Waals surface area contributed by atoms with Crippen LogP contribution in [0.1, 0.15) is 24.1 Å². The van der Waals surface area contributed by atoms with E-state index >= 15 is 0 Å². The number of nitrogens with two attached hydrogens (primary N) is 2. The van der Waals surface area contributed by atoms with Crippen molar-refractivity contribution in [3.8, 4) is 27.4 Å². The number of nitrogens with zero attached hydrogens (tertiary/aromatic N) is 3. The number of amides is 2. The predicted octanol–water partition coefficient (Wildman–Crippen LogP) is 4.73. The number of aryl methyl sites for hydroxylation is 1. The Balaban J connectivity index is 0.00000500. The summed E-state index contributed by atoms with van der Waals surface area (Å²) in [6.45, 7) is 4.05. The second-order valence-electron chi connectivity index (χ2n) is 11.1. The van der Waals surface area contributed by atoms with Gasteiger partial charge in [-0.2, -0.15) is 4.39 Å². The van der Waals surface area contributed by atoms with Crippen molar-refractivity contribution in [1.82, 2.24) is 15.3 Å². The highest BCUT2D eigenvalue weighted by Gasteiger charge is 2.22. The summed E-state index contributed by atoms with van der Waals surface area (Å²) in [5.74, 6) is -4.09. The quantitative estimate of drug-likeness (QED) is 0.171. The van der Waals surface area contributed by atoms with E-state index in [1.807, 2.05) is 36.7 Å². The highest BCUT2D eigenvalue weighted by molar-refractivity contribution is 7.14. The summed E-state index contributed by atoms with van der Waals surface area (Å²) in [5, 5.41) is 5.14. The van der Waals surface area contributed by atoms with Gasteiger partial charge in [0.05, 0.1) is 35.0 Å². The lowest BCUT2D eigenvalue weighted by Gasteiger charge is -2.26. The number of rotatable bonds is 14. The minimum absolute atomic E-state index is 0. The molecule has 5 rings (SSSR count). The smallest absolute Gasteiger partial charge is 0.257 e. The van der Waals surface area contributed by atoms with Crippen LogP contribution in [-0.2, 0) is 20.7 Å². The normalized spacial score (nSPS) is 14.3. The van der Waals surface area contributed by atoms with Crippen LogP contribution in [-0.4, -0.2) is 67.3 Å². The van der Waals surface area contributed by atoms with Crippen LogP contribution in [0.2, 0.25) is 0 Å². The van der Waals surface area contributed by atoms with Gasteiger partial charge in [0, 0.05) is 42.5 Å². The fourth-order valence-corrected chi connectivity index (χ4v) is 6.81. The summed E-state index contributed by atoms with van der Waals surface area (Å²) in [6.07, 6.45) is 1.35. The maximum atomic E-state index is 14.8. The number of hydrogen-bond acceptors (Lipinski definition) is 10. The van der Waals surface area contributed by atoms with Crippen LogP contribution in [0.25, 0.3) is 21.7 Å². The predicted molar refractivity (Wildman–Crippen MR) is 182 cm³/mol. The molecule has 5 N–H and O–H groups in total. The standard InChI is InChI=1S/C32H36F2N6O4S2.ClH/c1-19-30(46-18-38-19)21-4-2-20(3-5-21)14-22(31(36)42)6-7-23(35)15-37-27(41)16-44-29-24(8-9-25(33)28(29)34)26-17-45-32(39-26)40-10-12-43-13-11-40;/h2-5,8-9,17-18,22-23H,6-7,10-16,35H2,1H3,(H2,36,42)(H,37,41);1H/t22-,23-;/m0./s1. The molecule has 2 amide bonds. The molecule has 252 valence electrons. The Morgan fingerprint density at radius 1 is 1.11 bits per heavy atom. The number of nitrogens with one attached hydrogen (secondary N) is 1. The minimum atomic E-state index is -1.20. The first-order valence-electron chi connectivity index (χ1n) is 14.9. The third-order valence-corrected chi connectivity index (χ3v) is 9.62. The molecule has 15 heteroatoms. The van der Waals surface area contributed by atoms with E-state index in [2.05, 4.69) is 20.2 Å². The maximum absolute atomic E-state index is 14.8. The number of morpholine rings is 1. The van der Waals surface area contributed by atoms with Gasteiger partial charge in [0.15, 0.2) is 23.3 Å². The first-order chi connectivity index (χ1) is 22.2. The van der Waals surface area contributed by atoms with Crippen LogP contribution in [0, 0.1) is 24.5 Å². The Bertz CT molecular complexity index is 1650. The molecular formula is C32H37ClF2N6O4S2. The molecule has 0 unspecified atom stereocenters. The van der Waals surface area contributed by atoms with Crippen molar-refractivity contribution in [1.29, 1.82) is 0 Å². The zero-order valence-corrected chi connectivity index (χ0v) is 28.2. The fourth-order valence-electron chi connectivity index (χ4n) is 5.11. The number of halogens is 3. The maximum Gasteiger partial charge on any atom is 0.257 e. The number of carbonyl (C=O) groups excluding carboxylic acids is 2. The lowest BCUT2D eigenvalue weighted by atomic mass is 9.92. The van der Waals surface area contributed by atoms with Gasteiger partial charge in [-0.25, -0.2) is 14.4 Å². The van der Waals surface area contributed by atoms with Gasteiger partial charge >= 0.3 is 0 Å². The van der Waals surface area contributed by atoms with Gasteiger partial charge in [-0.05, 0) is 49.4 Å². The molecule has 10 nitrogen and oxygen atoms in total. The second-order valence-corrected chi connectivity index (χ2v) is 12.7. The van der Waals surface area contributed by atoms with E-state index < -0.39 is 47.8 Å². The van der Waals surface area contributed by atoms with Crippen molar-refractivity contribution < 1.29 is 27.8 Å². The molecular weight excluding hydrogens is 670 g/mol. The number of carbonyl (C=O) groups is 2. The van der Waals surface area contributed by atoms with E-state index in [0.29, 0.717) is 51.3 Å². The van der Waals surface area contributed by atoms with Crippen LogP contribution < -0.4 is 26.4 Å². The second kappa shape index (κ2) is 16.9. The van der Waals surface area contributed by atoms with Gasteiger partial charge in [-0.3, -0.25) is 9.59 Å². The van der Waals surface area contributed by atoms with E-state index in [-0.39, 0.29) is 24.5 Å². The number of ether oxygens (including phenoxy) is 2. The summed E-state index contributed by atoms with van der Waals surface area (Å²) in [4.78, 5) is 36.8. The number of benzene rings is 2. The van der Waals surface area contributed by atoms with Gasteiger partial charge in [0.2, 0.25) is 11.7 Å². The molecule has 0 saturated carbocycles. The lowest BCUT2D eigenvalue weighted by Crippen LogP contribution is -2.40. The number of anilines is 1. The van der Waals surface area contributed by atoms with E-state index in [9.17, 15) is 18.4 Å². The monoisotopic (exact) mass is 706 g/mol. The van der Waals surface area contributed by atoms with Crippen molar-refractivity contribution in [2.24, 2.45) is 17.4 Å². The highest BCUT2D eigenvalue weighted by Crippen LogP contribution is 2.36. The Hall–Kier alpha value is -3.69. The van der Waals surface area contributed by atoms with Crippen LogP contribution in [0.3, 0.4) is 0 Å². The number of thiazole rings is 2. The average molecular weight is 707 g/mol. The Labute approximate surface area is 285 Å². The average Bonchev–Trinajstić information content (AvgIpc) is 3.73. The molecule has 1 aliphatic rings. The Morgan fingerprint density at radius 2 is 1.85 bits per heavy atom. The molecule has 0 aliphatic carbocycles. The number of hydrogen-bond donors (Lipinski definition) is 3. The van der Waals surface area contributed by atoms with Gasteiger partial charge in [-0.15, -0.1) is 35.1 Å². The van der Waals surface area contributed by atoms with Crippen LogP contribution in [0.15, 0.2) is 47.3 Å². The first kappa shape index (κ1) is 36.2. The fraction of sp³-hybridized carbons (Fsp3) is 0.375. The molecule has 2 aromatic carbocycles. The van der Waals surface area contributed by atoms with Gasteiger partial charge in [0.1, 0.15) is 0 Å². The molecule has 3 heterocycles. The molecule has 1 saturated heterocycles.